The van der Waals surface area contributed by atoms with Gasteiger partial charge in [-0.15, -0.1) is 0 Å². The lowest BCUT2D eigenvalue weighted by molar-refractivity contribution is 0.346. The van der Waals surface area contributed by atoms with Crippen molar-refractivity contribution in [3.8, 4) is 5.75 Å². The summed E-state index contributed by atoms with van der Waals surface area (Å²) < 4.78 is 63.3. The van der Waals surface area contributed by atoms with E-state index in [4.69, 9.17) is 0 Å². The highest BCUT2D eigenvalue weighted by Crippen LogP contribution is 2.23. The van der Waals surface area contributed by atoms with E-state index in [1.165, 1.54) is 0 Å². The monoisotopic (exact) mass is 214 g/mol. The van der Waals surface area contributed by atoms with Crippen LogP contribution < -0.4 is 4.74 Å². The number of benzene rings is 1. The van der Waals surface area contributed by atoms with Crippen molar-refractivity contribution in [2.45, 2.75) is 0 Å². The zero-order chi connectivity index (χ0) is 11.3. The predicted octanol–water partition coefficient (Wildman–Crippen LogP) is 2.84. The minimum atomic E-state index is -1.87. The fourth-order valence-corrected chi connectivity index (χ4v) is 0.700. The third kappa shape index (κ3) is 2.34. The van der Waals surface area contributed by atoms with Crippen LogP contribution in [0.1, 0.15) is 0 Å². The predicted molar refractivity (Wildman–Crippen MR) is 39.9 cm³/mol. The van der Waals surface area contributed by atoms with Gasteiger partial charge in [-0.25, -0.2) is 13.2 Å². The molecule has 1 aromatic carbocycles. The van der Waals surface area contributed by atoms with Gasteiger partial charge >= 0.3 is 0 Å². The molecule has 0 unspecified atom stereocenters. The van der Waals surface area contributed by atoms with Gasteiger partial charge in [-0.05, 0) is 0 Å². The molecule has 1 nitrogen and oxygen atoms in total. The van der Waals surface area contributed by atoms with Crippen LogP contribution in [0.3, 0.4) is 0 Å². The Kier molecular flexibility index (Phi) is 4.90. The highest BCUT2D eigenvalue weighted by Gasteiger charge is 2.18. The van der Waals surface area contributed by atoms with Crippen LogP contribution in [0, 0.1) is 23.3 Å². The Morgan fingerprint density at radius 1 is 0.929 bits per heavy atom. The van der Waals surface area contributed by atoms with Crippen molar-refractivity contribution in [1.29, 1.82) is 0 Å². The summed E-state index contributed by atoms with van der Waals surface area (Å²) in [5.41, 5.74) is 0. The zero-order valence-corrected chi connectivity index (χ0v) is 7.38. The summed E-state index contributed by atoms with van der Waals surface area (Å²) in [6.07, 6.45) is 0. The Hall–Kier alpha value is -1.33. The first-order chi connectivity index (χ1) is 6.57. The molecule has 0 N–H and O–H groups in total. The zero-order valence-electron chi connectivity index (χ0n) is 7.38. The molecule has 1 aromatic rings. The lowest BCUT2D eigenvalue weighted by Crippen LogP contribution is -1.98. The molecule has 0 aliphatic rings. The van der Waals surface area contributed by atoms with Crippen molar-refractivity contribution in [2.24, 2.45) is 0 Å². The molecule has 0 bridgehead atoms. The normalized spacial score (nSPS) is 9.07. The number of ether oxygens (including phenoxy) is 1. The van der Waals surface area contributed by atoms with Crippen molar-refractivity contribution in [2.75, 3.05) is 14.3 Å². The summed E-state index contributed by atoms with van der Waals surface area (Å²) in [5, 5.41) is 0. The summed E-state index contributed by atoms with van der Waals surface area (Å²) in [5.74, 6) is -7.38. The number of alkyl halides is 1. The van der Waals surface area contributed by atoms with E-state index in [1.807, 2.05) is 0 Å². The molecule has 0 fully saturated rings. The Morgan fingerprint density at radius 2 is 1.43 bits per heavy atom. The molecule has 0 aliphatic carbocycles. The molecule has 0 aliphatic heterocycles. The smallest absolute Gasteiger partial charge is 0.203 e. The molecule has 0 spiro atoms. The van der Waals surface area contributed by atoms with E-state index in [9.17, 15) is 22.0 Å². The van der Waals surface area contributed by atoms with Crippen LogP contribution in [0.4, 0.5) is 22.0 Å². The Bertz CT molecular complexity index is 313. The second-order valence-corrected chi connectivity index (χ2v) is 2.00. The lowest BCUT2D eigenvalue weighted by atomic mass is 10.3. The van der Waals surface area contributed by atoms with Gasteiger partial charge in [0, 0.05) is 6.07 Å². The molecular weight excluding hydrogens is 207 g/mol. The van der Waals surface area contributed by atoms with E-state index in [2.05, 4.69) is 4.74 Å². The Labute approximate surface area is 77.1 Å². The maximum Gasteiger partial charge on any atom is 0.203 e. The van der Waals surface area contributed by atoms with Gasteiger partial charge in [0.2, 0.25) is 11.6 Å². The molecule has 0 radical (unpaired) electrons. The number of hydrogen-bond donors (Lipinski definition) is 0. The molecule has 0 aromatic heterocycles. The molecule has 1 rings (SSSR count). The van der Waals surface area contributed by atoms with Gasteiger partial charge in [0.05, 0.1) is 14.3 Å². The van der Waals surface area contributed by atoms with E-state index in [-0.39, 0.29) is 0 Å². The van der Waals surface area contributed by atoms with Gasteiger partial charge in [0.15, 0.2) is 17.4 Å². The molecular formula is C8H7F5O. The van der Waals surface area contributed by atoms with Crippen LogP contribution >= 0.6 is 0 Å². The Balaban J connectivity index is 0.000000791. The van der Waals surface area contributed by atoms with E-state index >= 15 is 0 Å². The maximum absolute atomic E-state index is 12.5. The maximum atomic E-state index is 12.5. The molecule has 0 saturated heterocycles. The van der Waals surface area contributed by atoms with Gasteiger partial charge < -0.3 is 4.74 Å². The van der Waals surface area contributed by atoms with Gasteiger partial charge in [0.1, 0.15) is 0 Å². The van der Waals surface area contributed by atoms with E-state index in [0.29, 0.717) is 13.2 Å². The molecule has 0 amide bonds. The van der Waals surface area contributed by atoms with Crippen molar-refractivity contribution in [3.63, 3.8) is 0 Å². The van der Waals surface area contributed by atoms with Gasteiger partial charge in [-0.2, -0.15) is 4.39 Å². The Morgan fingerprint density at radius 3 is 1.86 bits per heavy atom. The first-order valence-electron chi connectivity index (χ1n) is 3.32. The number of halogens is 5. The highest BCUT2D eigenvalue weighted by molar-refractivity contribution is 5.27. The molecule has 0 heterocycles. The third-order valence-electron chi connectivity index (χ3n) is 1.29. The van der Waals surface area contributed by atoms with Crippen molar-refractivity contribution < 1.29 is 26.7 Å². The van der Waals surface area contributed by atoms with Crippen LogP contribution in [-0.2, 0) is 0 Å². The number of hydrogen-bond acceptors (Lipinski definition) is 1. The van der Waals surface area contributed by atoms with Crippen LogP contribution in [0.5, 0.6) is 5.75 Å². The first kappa shape index (κ1) is 12.7. The fourth-order valence-electron chi connectivity index (χ4n) is 0.700. The molecule has 0 atom stereocenters. The minimum Gasteiger partial charge on any atom is -0.493 e. The number of methoxy groups -OCH3 is 1. The largest absolute Gasteiger partial charge is 0.493 e. The summed E-state index contributed by atoms with van der Waals surface area (Å²) in [7, 11) is 1.52. The quantitative estimate of drug-likeness (QED) is 0.396. The van der Waals surface area contributed by atoms with Crippen molar-refractivity contribution >= 4 is 0 Å². The molecule has 14 heavy (non-hydrogen) atoms. The van der Waals surface area contributed by atoms with E-state index in [0.717, 1.165) is 7.11 Å². The van der Waals surface area contributed by atoms with E-state index < -0.39 is 29.0 Å². The fraction of sp³-hybridized carbons (Fsp3) is 0.250. The van der Waals surface area contributed by atoms with E-state index in [1.54, 1.807) is 0 Å². The summed E-state index contributed by atoms with van der Waals surface area (Å²) in [6, 6.07) is 0.438. The average molecular weight is 214 g/mol. The first-order valence-corrected chi connectivity index (χ1v) is 3.32. The second-order valence-electron chi connectivity index (χ2n) is 2.00. The molecule has 0 saturated carbocycles. The van der Waals surface area contributed by atoms with Crippen LogP contribution in [0.2, 0.25) is 0 Å². The number of rotatable bonds is 1. The van der Waals surface area contributed by atoms with Crippen LogP contribution in [0.25, 0.3) is 0 Å². The van der Waals surface area contributed by atoms with Crippen molar-refractivity contribution in [3.05, 3.63) is 29.3 Å². The standard InChI is InChI=1S/C7H4F4O.CH3F/c1-12-4-2-3(8)5(9)7(11)6(4)10;1-2/h2H,1H3;1H3. The average Bonchev–Trinajstić information content (AvgIpc) is 2.23. The van der Waals surface area contributed by atoms with Gasteiger partial charge in [0.25, 0.3) is 0 Å². The van der Waals surface area contributed by atoms with Gasteiger partial charge in [-0.1, -0.05) is 0 Å². The van der Waals surface area contributed by atoms with Crippen LogP contribution in [0.15, 0.2) is 6.07 Å². The summed E-state index contributed by atoms with van der Waals surface area (Å²) in [6.45, 7) is 0. The highest BCUT2D eigenvalue weighted by atomic mass is 19.2. The lowest BCUT2D eigenvalue weighted by Gasteiger charge is -2.03. The second kappa shape index (κ2) is 5.41. The topological polar surface area (TPSA) is 9.23 Å². The van der Waals surface area contributed by atoms with Crippen LogP contribution in [-0.4, -0.2) is 14.3 Å². The van der Waals surface area contributed by atoms with Crippen molar-refractivity contribution in [1.82, 2.24) is 0 Å². The molecule has 80 valence electrons. The summed E-state index contributed by atoms with van der Waals surface area (Å²) >= 11 is 0. The minimum absolute atomic E-state index is 0.438. The van der Waals surface area contributed by atoms with Gasteiger partial charge in [-0.3, -0.25) is 4.39 Å². The summed E-state index contributed by atoms with van der Waals surface area (Å²) in [4.78, 5) is 0. The third-order valence-corrected chi connectivity index (χ3v) is 1.29. The molecule has 6 heteroatoms. The SMILES string of the molecule is CF.COc1cc(F)c(F)c(F)c1F.